The molecule has 1 aromatic carbocycles. The Morgan fingerprint density at radius 2 is 2.16 bits per heavy atom. The van der Waals surface area contributed by atoms with Gasteiger partial charge in [-0.1, -0.05) is 25.4 Å². The van der Waals surface area contributed by atoms with Crippen LogP contribution in [0.25, 0.3) is 5.69 Å². The third-order valence-electron chi connectivity index (χ3n) is 2.66. The van der Waals surface area contributed by atoms with Crippen molar-refractivity contribution in [2.75, 3.05) is 11.9 Å². The highest BCUT2D eigenvalue weighted by atomic mass is 35.5. The van der Waals surface area contributed by atoms with Crippen molar-refractivity contribution in [3.8, 4) is 5.69 Å². The first kappa shape index (κ1) is 13.9. The van der Waals surface area contributed by atoms with E-state index in [1.807, 2.05) is 6.92 Å². The van der Waals surface area contributed by atoms with Crippen LogP contribution in [-0.2, 0) is 0 Å². The molecule has 0 spiro atoms. The van der Waals surface area contributed by atoms with Gasteiger partial charge in [-0.15, -0.1) is 0 Å². The van der Waals surface area contributed by atoms with Gasteiger partial charge >= 0.3 is 0 Å². The lowest BCUT2D eigenvalue weighted by molar-refractivity contribution is 0.617. The van der Waals surface area contributed by atoms with Gasteiger partial charge in [-0.3, -0.25) is 4.57 Å². The highest BCUT2D eigenvalue weighted by Crippen LogP contribution is 2.23. The van der Waals surface area contributed by atoms with Crippen molar-refractivity contribution >= 4 is 17.5 Å². The second-order valence-electron chi connectivity index (χ2n) is 4.95. The molecule has 0 aliphatic carbocycles. The van der Waals surface area contributed by atoms with Gasteiger partial charge in [0.15, 0.2) is 0 Å². The topological polar surface area (TPSA) is 29.9 Å². The quantitative estimate of drug-likeness (QED) is 0.916. The molecule has 3 nitrogen and oxygen atoms in total. The molecule has 0 aliphatic rings. The number of hydrogen-bond acceptors (Lipinski definition) is 2. The van der Waals surface area contributed by atoms with E-state index in [9.17, 15) is 4.39 Å². The lowest BCUT2D eigenvalue weighted by Crippen LogP contribution is -2.12. The Morgan fingerprint density at radius 3 is 2.84 bits per heavy atom. The zero-order valence-electron chi connectivity index (χ0n) is 11.2. The predicted molar refractivity (Wildman–Crippen MR) is 76.6 cm³/mol. The largest absolute Gasteiger partial charge is 0.355 e. The van der Waals surface area contributed by atoms with Crippen LogP contribution in [0.15, 0.2) is 24.4 Å². The average Bonchev–Trinajstić information content (AvgIpc) is 2.71. The van der Waals surface area contributed by atoms with Crippen molar-refractivity contribution in [1.29, 1.82) is 0 Å². The van der Waals surface area contributed by atoms with Crippen molar-refractivity contribution in [3.63, 3.8) is 0 Å². The van der Waals surface area contributed by atoms with Crippen molar-refractivity contribution < 1.29 is 4.39 Å². The van der Waals surface area contributed by atoms with Crippen LogP contribution in [0.1, 0.15) is 19.5 Å². The van der Waals surface area contributed by atoms with Crippen LogP contribution in [0.5, 0.6) is 0 Å². The van der Waals surface area contributed by atoms with Crippen LogP contribution < -0.4 is 5.32 Å². The van der Waals surface area contributed by atoms with E-state index in [1.54, 1.807) is 16.8 Å². The second kappa shape index (κ2) is 5.61. The minimum Gasteiger partial charge on any atom is -0.355 e. The molecule has 5 heteroatoms. The van der Waals surface area contributed by atoms with Gasteiger partial charge in [0.2, 0.25) is 5.95 Å². The van der Waals surface area contributed by atoms with Crippen LogP contribution in [0.4, 0.5) is 10.3 Å². The molecule has 0 unspecified atom stereocenters. The maximum Gasteiger partial charge on any atom is 0.207 e. The van der Waals surface area contributed by atoms with E-state index in [0.29, 0.717) is 22.6 Å². The van der Waals surface area contributed by atoms with E-state index >= 15 is 0 Å². The van der Waals surface area contributed by atoms with Gasteiger partial charge in [0.25, 0.3) is 0 Å². The van der Waals surface area contributed by atoms with Crippen LogP contribution >= 0.6 is 11.6 Å². The van der Waals surface area contributed by atoms with Crippen LogP contribution in [0, 0.1) is 18.7 Å². The zero-order chi connectivity index (χ0) is 14.0. The molecular weight excluding hydrogens is 265 g/mol. The normalized spacial score (nSPS) is 11.1. The maximum atomic E-state index is 13.9. The molecule has 2 rings (SSSR count). The molecule has 2 aromatic rings. The molecule has 0 radical (unpaired) electrons. The van der Waals surface area contributed by atoms with Gasteiger partial charge in [-0.2, -0.15) is 0 Å². The Hall–Kier alpha value is -1.55. The number of aryl methyl sites for hydroxylation is 1. The molecule has 1 N–H and O–H groups in total. The van der Waals surface area contributed by atoms with E-state index < -0.39 is 0 Å². The second-order valence-corrected chi connectivity index (χ2v) is 5.38. The lowest BCUT2D eigenvalue weighted by atomic mass is 10.2. The molecule has 0 aliphatic heterocycles. The predicted octanol–water partition coefficient (Wildman–Crippen LogP) is 4.04. The summed E-state index contributed by atoms with van der Waals surface area (Å²) in [5.74, 6) is 0.788. The van der Waals surface area contributed by atoms with E-state index in [4.69, 9.17) is 11.6 Å². The number of nitrogens with zero attached hydrogens (tertiary/aromatic N) is 2. The summed E-state index contributed by atoms with van der Waals surface area (Å²) in [7, 11) is 0. The lowest BCUT2D eigenvalue weighted by Gasteiger charge is -2.12. The number of aromatic nitrogens is 2. The van der Waals surface area contributed by atoms with Gasteiger partial charge in [0, 0.05) is 17.8 Å². The van der Waals surface area contributed by atoms with E-state index in [1.165, 1.54) is 12.1 Å². The monoisotopic (exact) mass is 281 g/mol. The first-order chi connectivity index (χ1) is 8.97. The fraction of sp³-hybridized carbons (Fsp3) is 0.357. The highest BCUT2D eigenvalue weighted by molar-refractivity contribution is 6.30. The maximum absolute atomic E-state index is 13.9. The Labute approximate surface area is 117 Å². The summed E-state index contributed by atoms with van der Waals surface area (Å²) in [6, 6.07) is 4.49. The molecule has 0 atom stereocenters. The molecule has 0 fully saturated rings. The first-order valence-electron chi connectivity index (χ1n) is 6.22. The molecule has 0 amide bonds. The third-order valence-corrected chi connectivity index (χ3v) is 2.90. The molecule has 0 bridgehead atoms. The van der Waals surface area contributed by atoms with E-state index in [0.717, 1.165) is 12.2 Å². The molecule has 19 heavy (non-hydrogen) atoms. The molecule has 1 aromatic heterocycles. The smallest absolute Gasteiger partial charge is 0.207 e. The number of benzene rings is 1. The van der Waals surface area contributed by atoms with Crippen molar-refractivity contribution in [2.45, 2.75) is 20.8 Å². The van der Waals surface area contributed by atoms with Gasteiger partial charge < -0.3 is 5.32 Å². The Morgan fingerprint density at radius 1 is 1.42 bits per heavy atom. The van der Waals surface area contributed by atoms with Crippen LogP contribution in [0.2, 0.25) is 5.02 Å². The van der Waals surface area contributed by atoms with Gasteiger partial charge in [0.05, 0.1) is 11.4 Å². The number of imidazole rings is 1. The summed E-state index contributed by atoms with van der Waals surface area (Å²) in [5, 5.41) is 3.72. The number of halogens is 2. The molecule has 0 saturated carbocycles. The van der Waals surface area contributed by atoms with E-state index in [2.05, 4.69) is 24.1 Å². The fourth-order valence-corrected chi connectivity index (χ4v) is 1.94. The average molecular weight is 282 g/mol. The Balaban J connectivity index is 2.40. The van der Waals surface area contributed by atoms with Gasteiger partial charge in [-0.05, 0) is 31.0 Å². The van der Waals surface area contributed by atoms with Gasteiger partial charge in [0.1, 0.15) is 5.82 Å². The zero-order valence-corrected chi connectivity index (χ0v) is 12.0. The van der Waals surface area contributed by atoms with Crippen molar-refractivity contribution in [1.82, 2.24) is 9.55 Å². The summed E-state index contributed by atoms with van der Waals surface area (Å²) >= 11 is 5.93. The summed E-state index contributed by atoms with van der Waals surface area (Å²) in [5.41, 5.74) is 1.23. The highest BCUT2D eigenvalue weighted by Gasteiger charge is 2.12. The minimum absolute atomic E-state index is 0.325. The number of hydrogen-bond donors (Lipinski definition) is 1. The standard InChI is InChI=1S/C14H17ClFN3/c1-9(2)7-17-14-18-10(3)8-19(14)13-6-11(15)4-5-12(13)16/h4-6,8-9H,7H2,1-3H3,(H,17,18). The SMILES string of the molecule is Cc1cn(-c2cc(Cl)ccc2F)c(NCC(C)C)n1. The third kappa shape index (κ3) is 3.26. The van der Waals surface area contributed by atoms with Crippen LogP contribution in [-0.4, -0.2) is 16.1 Å². The summed E-state index contributed by atoms with van der Waals surface area (Å²) in [6.45, 7) is 6.86. The molecule has 102 valence electrons. The molecular formula is C14H17ClFN3. The van der Waals surface area contributed by atoms with E-state index in [-0.39, 0.29) is 5.82 Å². The Kier molecular flexibility index (Phi) is 4.10. The summed E-state index contributed by atoms with van der Waals surface area (Å²) < 4.78 is 15.6. The molecule has 0 saturated heterocycles. The number of rotatable bonds is 4. The minimum atomic E-state index is -0.325. The number of nitrogens with one attached hydrogen (secondary N) is 1. The summed E-state index contributed by atoms with van der Waals surface area (Å²) in [6.07, 6.45) is 1.79. The van der Waals surface area contributed by atoms with Gasteiger partial charge in [-0.25, -0.2) is 9.37 Å². The first-order valence-corrected chi connectivity index (χ1v) is 6.60. The Bertz CT molecular complexity index is 578. The van der Waals surface area contributed by atoms with Crippen molar-refractivity contribution in [3.05, 3.63) is 40.9 Å². The fourth-order valence-electron chi connectivity index (χ4n) is 1.77. The van der Waals surface area contributed by atoms with Crippen molar-refractivity contribution in [2.24, 2.45) is 5.92 Å². The summed E-state index contributed by atoms with van der Waals surface area (Å²) in [4.78, 5) is 4.37. The number of anilines is 1. The van der Waals surface area contributed by atoms with Crippen LogP contribution in [0.3, 0.4) is 0 Å². The molecule has 1 heterocycles.